The van der Waals surface area contributed by atoms with Crippen molar-refractivity contribution in [2.45, 2.75) is 18.5 Å². The molecular formula is C17H16N2O3S. The molecule has 3 aliphatic rings. The third-order valence-electron chi connectivity index (χ3n) is 4.64. The monoisotopic (exact) mass is 328 g/mol. The molecule has 4 rings (SSSR count). The van der Waals surface area contributed by atoms with E-state index in [0.29, 0.717) is 0 Å². The Kier molecular flexibility index (Phi) is 3.39. The van der Waals surface area contributed by atoms with Crippen molar-refractivity contribution >= 4 is 15.7 Å². The summed E-state index contributed by atoms with van der Waals surface area (Å²) in [5.41, 5.74) is 2.43. The van der Waals surface area contributed by atoms with Gasteiger partial charge in [-0.05, 0) is 30.2 Å². The van der Waals surface area contributed by atoms with E-state index in [4.69, 9.17) is 0 Å². The normalized spacial score (nSPS) is 31.6. The fraction of sp³-hybridized carbons (Fsp3) is 0.294. The first-order chi connectivity index (χ1) is 11.1. The number of rotatable bonds is 1. The summed E-state index contributed by atoms with van der Waals surface area (Å²) in [5, 5.41) is 6.24. The van der Waals surface area contributed by atoms with E-state index in [2.05, 4.69) is 22.8 Å². The standard InChI is InChI=1S/C17H16N2O3S/c20-15-10-23(21,22)14-7-3-6-13(17(14)19-15)16-12-5-2-1-4-11(12)8-9-18-16/h1-7,13,16-18H,8-9H2,(H,19,20). The number of hydrogen-bond donors (Lipinski definition) is 2. The smallest absolute Gasteiger partial charge is 0.247 e. The number of hydrogen-bond acceptors (Lipinski definition) is 4. The zero-order chi connectivity index (χ0) is 16.0. The van der Waals surface area contributed by atoms with Crippen LogP contribution in [0.1, 0.15) is 17.2 Å². The van der Waals surface area contributed by atoms with E-state index in [0.717, 1.165) is 13.0 Å². The summed E-state index contributed by atoms with van der Waals surface area (Å²) in [6.45, 7) is 0.830. The Morgan fingerprint density at radius 2 is 2.00 bits per heavy atom. The Bertz CT molecular complexity index is 826. The minimum absolute atomic E-state index is 0.0292. The van der Waals surface area contributed by atoms with Gasteiger partial charge in [-0.2, -0.15) is 0 Å². The topological polar surface area (TPSA) is 75.3 Å². The first-order valence-corrected chi connectivity index (χ1v) is 9.07. The van der Waals surface area contributed by atoms with Gasteiger partial charge in [-0.25, -0.2) is 8.42 Å². The van der Waals surface area contributed by atoms with Crippen LogP contribution < -0.4 is 10.6 Å². The Balaban J connectivity index is 1.75. The first kappa shape index (κ1) is 14.7. The first-order valence-electron chi connectivity index (χ1n) is 7.59. The van der Waals surface area contributed by atoms with E-state index in [1.54, 1.807) is 12.2 Å². The average molecular weight is 328 g/mol. The lowest BCUT2D eigenvalue weighted by Crippen LogP contribution is -2.52. The molecule has 0 aromatic heterocycles. The summed E-state index contributed by atoms with van der Waals surface area (Å²) in [7, 11) is -3.76. The number of allylic oxidation sites excluding steroid dienone is 2. The fourth-order valence-corrected chi connectivity index (χ4v) is 4.87. The quantitative estimate of drug-likeness (QED) is 0.803. The molecule has 5 nitrogen and oxygen atoms in total. The molecule has 3 unspecified atom stereocenters. The van der Waals surface area contributed by atoms with Crippen molar-refractivity contribution in [2.24, 2.45) is 5.92 Å². The number of fused-ring (bicyclic) bond motifs is 2. The molecule has 23 heavy (non-hydrogen) atoms. The van der Waals surface area contributed by atoms with Crippen LogP contribution in [0.3, 0.4) is 0 Å². The second-order valence-electron chi connectivity index (χ2n) is 5.97. The van der Waals surface area contributed by atoms with E-state index in [9.17, 15) is 13.2 Å². The van der Waals surface area contributed by atoms with Crippen molar-refractivity contribution in [2.75, 3.05) is 6.54 Å². The Hall–Kier alpha value is -1.92. The Labute approximate surface area is 135 Å². The number of nitrogens with one attached hydrogen (secondary N) is 2. The highest BCUT2D eigenvalue weighted by Crippen LogP contribution is 2.38. The van der Waals surface area contributed by atoms with Gasteiger partial charge in [0.05, 0.1) is 10.9 Å². The number of sulfone groups is 1. The predicted octanol–water partition coefficient (Wildman–Crippen LogP) is 0.895. The molecule has 1 amide bonds. The summed E-state index contributed by atoms with van der Waals surface area (Å²) in [5.74, 6) is 1.17. The van der Waals surface area contributed by atoms with Crippen molar-refractivity contribution in [3.8, 4) is 0 Å². The second-order valence-corrected chi connectivity index (χ2v) is 7.65. The molecule has 1 aromatic carbocycles. The van der Waals surface area contributed by atoms with E-state index in [-0.39, 0.29) is 16.9 Å². The number of amides is 1. The van der Waals surface area contributed by atoms with Gasteiger partial charge in [0.2, 0.25) is 11.7 Å². The van der Waals surface area contributed by atoms with Crippen LogP contribution >= 0.6 is 0 Å². The minimum Gasteiger partial charge on any atom is -0.346 e. The van der Waals surface area contributed by atoms with E-state index >= 15 is 0 Å². The SMILES string of the molecule is O=C1[C]S(=O)(=O)C2=CC=CC(C3NCCc4ccccc43)C2N1. The maximum Gasteiger partial charge on any atom is 0.247 e. The van der Waals surface area contributed by atoms with Crippen LogP contribution in [-0.2, 0) is 21.1 Å². The van der Waals surface area contributed by atoms with Gasteiger partial charge in [0.1, 0.15) is 0 Å². The maximum atomic E-state index is 12.2. The maximum absolute atomic E-state index is 12.2. The van der Waals surface area contributed by atoms with Gasteiger partial charge < -0.3 is 10.6 Å². The summed E-state index contributed by atoms with van der Waals surface area (Å²) in [4.78, 5) is 12.0. The summed E-state index contributed by atoms with van der Waals surface area (Å²) < 4.78 is 24.4. The number of carbonyl (C=O) groups is 1. The van der Waals surface area contributed by atoms with Crippen LogP contribution in [0.4, 0.5) is 0 Å². The van der Waals surface area contributed by atoms with Gasteiger partial charge in [0.25, 0.3) is 0 Å². The summed E-state index contributed by atoms with van der Waals surface area (Å²) in [6, 6.07) is 7.58. The number of benzene rings is 1. The molecule has 1 saturated heterocycles. The van der Waals surface area contributed by atoms with Crippen LogP contribution in [0.25, 0.3) is 0 Å². The lowest BCUT2D eigenvalue weighted by molar-refractivity contribution is -0.118. The second kappa shape index (κ2) is 5.32. The van der Waals surface area contributed by atoms with Crippen LogP contribution in [0.15, 0.2) is 47.4 Å². The summed E-state index contributed by atoms with van der Waals surface area (Å²) >= 11 is 0. The third-order valence-corrected chi connectivity index (χ3v) is 6.11. The molecule has 6 heteroatoms. The van der Waals surface area contributed by atoms with Crippen LogP contribution in [0, 0.1) is 11.7 Å². The molecule has 0 spiro atoms. The highest BCUT2D eigenvalue weighted by molar-refractivity contribution is 7.98. The van der Waals surface area contributed by atoms with Gasteiger partial charge in [-0.1, -0.05) is 36.4 Å². The van der Waals surface area contributed by atoms with Gasteiger partial charge in [0.15, 0.2) is 9.84 Å². The van der Waals surface area contributed by atoms with Gasteiger partial charge >= 0.3 is 0 Å². The zero-order valence-corrected chi connectivity index (χ0v) is 13.1. The van der Waals surface area contributed by atoms with Crippen molar-refractivity contribution in [1.82, 2.24) is 10.6 Å². The van der Waals surface area contributed by atoms with E-state index in [1.165, 1.54) is 11.1 Å². The molecule has 1 fully saturated rings. The van der Waals surface area contributed by atoms with Gasteiger partial charge in [-0.3, -0.25) is 4.79 Å². The van der Waals surface area contributed by atoms with E-state index < -0.39 is 21.8 Å². The molecular weight excluding hydrogens is 312 g/mol. The molecule has 2 heterocycles. The van der Waals surface area contributed by atoms with E-state index in [1.807, 2.05) is 24.0 Å². The lowest BCUT2D eigenvalue weighted by Gasteiger charge is -2.39. The fourth-order valence-electron chi connectivity index (χ4n) is 3.64. The average Bonchev–Trinajstić information content (AvgIpc) is 2.53. The molecule has 2 N–H and O–H groups in total. The molecule has 2 radical (unpaired) electrons. The van der Waals surface area contributed by atoms with Crippen molar-refractivity contribution in [3.05, 3.63) is 64.3 Å². The predicted molar refractivity (Wildman–Crippen MR) is 85.7 cm³/mol. The van der Waals surface area contributed by atoms with Crippen molar-refractivity contribution in [3.63, 3.8) is 0 Å². The molecule has 3 atom stereocenters. The molecule has 0 bridgehead atoms. The van der Waals surface area contributed by atoms with Gasteiger partial charge in [-0.15, -0.1) is 0 Å². The molecule has 118 valence electrons. The lowest BCUT2D eigenvalue weighted by atomic mass is 9.80. The number of carbonyl (C=O) groups excluding carboxylic acids is 1. The third kappa shape index (κ3) is 2.42. The highest BCUT2D eigenvalue weighted by atomic mass is 32.2. The molecule has 0 saturated carbocycles. The van der Waals surface area contributed by atoms with Crippen molar-refractivity contribution in [1.29, 1.82) is 0 Å². The zero-order valence-electron chi connectivity index (χ0n) is 12.3. The molecule has 2 aliphatic heterocycles. The summed E-state index contributed by atoms with van der Waals surface area (Å²) in [6.07, 6.45) is 6.22. The minimum atomic E-state index is -3.76. The van der Waals surface area contributed by atoms with Crippen molar-refractivity contribution < 1.29 is 13.2 Å². The Morgan fingerprint density at radius 3 is 2.87 bits per heavy atom. The highest BCUT2D eigenvalue weighted by Gasteiger charge is 2.44. The van der Waals surface area contributed by atoms with Crippen LogP contribution in [-0.4, -0.2) is 26.9 Å². The molecule has 1 aromatic rings. The van der Waals surface area contributed by atoms with Crippen LogP contribution in [0.2, 0.25) is 0 Å². The van der Waals surface area contributed by atoms with Crippen LogP contribution in [0.5, 0.6) is 0 Å². The Morgan fingerprint density at radius 1 is 1.17 bits per heavy atom. The largest absolute Gasteiger partial charge is 0.346 e. The molecule has 1 aliphatic carbocycles. The van der Waals surface area contributed by atoms with Gasteiger partial charge in [0, 0.05) is 12.0 Å².